The zero-order valence-electron chi connectivity index (χ0n) is 19.8. The number of nitrogens with zero attached hydrogens (tertiary/aromatic N) is 3. The molecule has 1 N–H and O–H groups in total. The lowest BCUT2D eigenvalue weighted by atomic mass is 9.96. The monoisotopic (exact) mass is 462 g/mol. The average molecular weight is 463 g/mol. The smallest absolute Gasteiger partial charge is 0.307 e. The maximum atomic E-state index is 11.9. The fourth-order valence-corrected chi connectivity index (χ4v) is 5.05. The second-order valence-electron chi connectivity index (χ2n) is 8.60. The highest BCUT2D eigenvalue weighted by atomic mass is 32.1. The highest BCUT2D eigenvalue weighted by molar-refractivity contribution is 7.80. The Labute approximate surface area is 200 Å². The summed E-state index contributed by atoms with van der Waals surface area (Å²) in [6.07, 6.45) is 2.06. The Balaban J connectivity index is 1.82. The minimum Gasteiger partial charge on any atom is -0.469 e. The van der Waals surface area contributed by atoms with Crippen molar-refractivity contribution in [3.63, 3.8) is 0 Å². The molecule has 1 aliphatic rings. The Morgan fingerprint density at radius 2 is 1.94 bits per heavy atom. The van der Waals surface area contributed by atoms with Gasteiger partial charge in [-0.05, 0) is 80.9 Å². The largest absolute Gasteiger partial charge is 0.469 e. The van der Waals surface area contributed by atoms with Crippen molar-refractivity contribution < 1.29 is 9.53 Å². The topological polar surface area (TPSA) is 59.4 Å². The molecule has 172 valence electrons. The SMILES string of the molecule is COC(=O)CCN1C(=S)NC(c2ccccn2)C1c1cc(C)n(-c2cc(C)ccc2C)c1C. The van der Waals surface area contributed by atoms with Crippen molar-refractivity contribution in [3.8, 4) is 5.69 Å². The van der Waals surface area contributed by atoms with Crippen LogP contribution >= 0.6 is 12.2 Å². The number of methoxy groups -OCH3 is 1. The molecule has 1 aliphatic heterocycles. The van der Waals surface area contributed by atoms with Crippen molar-refractivity contribution in [2.24, 2.45) is 0 Å². The summed E-state index contributed by atoms with van der Waals surface area (Å²) in [5.74, 6) is -0.251. The number of pyridine rings is 1. The van der Waals surface area contributed by atoms with Crippen LogP contribution in [0.5, 0.6) is 0 Å². The summed E-state index contributed by atoms with van der Waals surface area (Å²) in [6, 6.07) is 14.5. The summed E-state index contributed by atoms with van der Waals surface area (Å²) in [6.45, 7) is 9.01. The Hall–Kier alpha value is -3.19. The van der Waals surface area contributed by atoms with Crippen LogP contribution in [0, 0.1) is 27.7 Å². The Morgan fingerprint density at radius 3 is 2.64 bits per heavy atom. The van der Waals surface area contributed by atoms with E-state index in [0.717, 1.165) is 17.1 Å². The number of nitrogens with one attached hydrogen (secondary N) is 1. The zero-order chi connectivity index (χ0) is 23.7. The van der Waals surface area contributed by atoms with Gasteiger partial charge in [0.05, 0.1) is 31.3 Å². The van der Waals surface area contributed by atoms with E-state index in [1.165, 1.54) is 29.5 Å². The number of aromatic nitrogens is 2. The number of esters is 1. The Bertz CT molecular complexity index is 1190. The normalized spacial score (nSPS) is 17.8. The number of hydrogen-bond donors (Lipinski definition) is 1. The number of hydrogen-bond acceptors (Lipinski definition) is 4. The van der Waals surface area contributed by atoms with Gasteiger partial charge in [0, 0.05) is 29.8 Å². The standard InChI is InChI=1S/C26H30N4O2S/c1-16-9-10-17(2)22(14-16)30-18(3)15-20(19(30)4)25-24(21-8-6-7-12-27-21)28-26(33)29(25)13-11-23(31)32-5/h6-10,12,14-15,24-25H,11,13H2,1-5H3,(H,28,33). The van der Waals surface area contributed by atoms with Gasteiger partial charge in [-0.2, -0.15) is 0 Å². The quantitative estimate of drug-likeness (QED) is 0.425. The molecule has 1 saturated heterocycles. The zero-order valence-corrected chi connectivity index (χ0v) is 20.6. The van der Waals surface area contributed by atoms with Crippen molar-refractivity contribution in [1.29, 1.82) is 0 Å². The van der Waals surface area contributed by atoms with E-state index < -0.39 is 0 Å². The summed E-state index contributed by atoms with van der Waals surface area (Å²) in [5.41, 5.74) is 8.02. The molecule has 0 amide bonds. The predicted molar refractivity (Wildman–Crippen MR) is 134 cm³/mol. The number of ether oxygens (including phenoxy) is 1. The van der Waals surface area contributed by atoms with E-state index in [1.807, 2.05) is 18.2 Å². The maximum absolute atomic E-state index is 11.9. The van der Waals surface area contributed by atoms with E-state index in [9.17, 15) is 4.79 Å². The molecule has 2 unspecified atom stereocenters. The molecule has 33 heavy (non-hydrogen) atoms. The minimum atomic E-state index is -0.251. The van der Waals surface area contributed by atoms with E-state index >= 15 is 0 Å². The summed E-state index contributed by atoms with van der Waals surface area (Å²) >= 11 is 5.73. The van der Waals surface area contributed by atoms with Crippen LogP contribution in [0.3, 0.4) is 0 Å². The van der Waals surface area contributed by atoms with Gasteiger partial charge in [-0.3, -0.25) is 9.78 Å². The van der Waals surface area contributed by atoms with Crippen molar-refractivity contribution in [2.45, 2.75) is 46.2 Å². The van der Waals surface area contributed by atoms with Crippen LogP contribution in [0.15, 0.2) is 48.7 Å². The lowest BCUT2D eigenvalue weighted by molar-refractivity contribution is -0.140. The summed E-state index contributed by atoms with van der Waals surface area (Å²) in [4.78, 5) is 18.6. The third-order valence-electron chi connectivity index (χ3n) is 6.38. The fourth-order valence-electron chi connectivity index (χ4n) is 4.72. The first-order valence-electron chi connectivity index (χ1n) is 11.1. The summed E-state index contributed by atoms with van der Waals surface area (Å²) < 4.78 is 7.19. The van der Waals surface area contributed by atoms with Crippen LogP contribution in [0.1, 0.15) is 52.3 Å². The van der Waals surface area contributed by atoms with Crippen LogP contribution in [-0.4, -0.2) is 39.2 Å². The van der Waals surface area contributed by atoms with Crippen molar-refractivity contribution >= 4 is 23.3 Å². The van der Waals surface area contributed by atoms with Gasteiger partial charge in [-0.1, -0.05) is 18.2 Å². The molecule has 3 heterocycles. The molecule has 3 aromatic rings. The number of aryl methyl sites for hydroxylation is 3. The summed E-state index contributed by atoms with van der Waals surface area (Å²) in [7, 11) is 1.41. The number of benzene rings is 1. The molecule has 2 aromatic heterocycles. The lowest BCUT2D eigenvalue weighted by Gasteiger charge is -2.28. The van der Waals surface area contributed by atoms with Crippen molar-refractivity contribution in [2.75, 3.05) is 13.7 Å². The van der Waals surface area contributed by atoms with Gasteiger partial charge < -0.3 is 19.5 Å². The molecular weight excluding hydrogens is 432 g/mol. The molecule has 0 saturated carbocycles. The second kappa shape index (κ2) is 9.35. The first kappa shape index (κ1) is 23.0. The number of carbonyl (C=O) groups excluding carboxylic acids is 1. The molecular formula is C26H30N4O2S. The third-order valence-corrected chi connectivity index (χ3v) is 6.73. The molecule has 1 aromatic carbocycles. The fraction of sp³-hybridized carbons (Fsp3) is 0.346. The maximum Gasteiger partial charge on any atom is 0.307 e. The van der Waals surface area contributed by atoms with Crippen LogP contribution in [0.2, 0.25) is 0 Å². The minimum absolute atomic E-state index is 0.0953. The van der Waals surface area contributed by atoms with Crippen LogP contribution in [-0.2, 0) is 9.53 Å². The molecule has 0 radical (unpaired) electrons. The van der Waals surface area contributed by atoms with Crippen LogP contribution < -0.4 is 5.32 Å². The molecule has 1 fully saturated rings. The second-order valence-corrected chi connectivity index (χ2v) is 8.98. The van der Waals surface area contributed by atoms with E-state index in [1.54, 1.807) is 6.20 Å². The average Bonchev–Trinajstić information content (AvgIpc) is 3.29. The molecule has 6 nitrogen and oxygen atoms in total. The Kier molecular flexibility index (Phi) is 6.51. The molecule has 0 bridgehead atoms. The van der Waals surface area contributed by atoms with Crippen LogP contribution in [0.25, 0.3) is 5.69 Å². The summed E-state index contributed by atoms with van der Waals surface area (Å²) in [5, 5.41) is 4.08. The molecule has 0 spiro atoms. The molecule has 2 atom stereocenters. The van der Waals surface area contributed by atoms with Gasteiger partial charge in [0.1, 0.15) is 0 Å². The van der Waals surface area contributed by atoms with Crippen LogP contribution in [0.4, 0.5) is 0 Å². The lowest BCUT2D eigenvalue weighted by Crippen LogP contribution is -2.32. The third kappa shape index (κ3) is 4.37. The highest BCUT2D eigenvalue weighted by Crippen LogP contribution is 2.41. The number of rotatable bonds is 6. The first-order valence-corrected chi connectivity index (χ1v) is 11.5. The number of thiocarbonyl (C=S) groups is 1. The Morgan fingerprint density at radius 1 is 1.15 bits per heavy atom. The molecule has 4 rings (SSSR count). The number of carbonyl (C=O) groups is 1. The van der Waals surface area contributed by atoms with E-state index in [-0.39, 0.29) is 24.5 Å². The van der Waals surface area contributed by atoms with Gasteiger partial charge in [-0.15, -0.1) is 0 Å². The first-order chi connectivity index (χ1) is 15.8. The van der Waals surface area contributed by atoms with Crippen molar-refractivity contribution in [1.82, 2.24) is 19.8 Å². The van der Waals surface area contributed by atoms with Gasteiger partial charge >= 0.3 is 5.97 Å². The molecule has 7 heteroatoms. The van der Waals surface area contributed by atoms with Gasteiger partial charge in [-0.25, -0.2) is 0 Å². The van der Waals surface area contributed by atoms with E-state index in [4.69, 9.17) is 17.0 Å². The predicted octanol–water partition coefficient (Wildman–Crippen LogP) is 4.64. The highest BCUT2D eigenvalue weighted by Gasteiger charge is 2.41. The van der Waals surface area contributed by atoms with E-state index in [2.05, 4.69) is 71.7 Å². The van der Waals surface area contributed by atoms with Gasteiger partial charge in [0.2, 0.25) is 0 Å². The van der Waals surface area contributed by atoms with Crippen molar-refractivity contribution in [3.05, 3.63) is 82.4 Å². The van der Waals surface area contributed by atoms with E-state index in [0.29, 0.717) is 11.7 Å². The van der Waals surface area contributed by atoms with Gasteiger partial charge in [0.15, 0.2) is 5.11 Å². The molecule has 0 aliphatic carbocycles. The van der Waals surface area contributed by atoms with Gasteiger partial charge in [0.25, 0.3) is 0 Å².